The highest BCUT2D eigenvalue weighted by Crippen LogP contribution is 2.41. The maximum atomic E-state index is 11.3. The summed E-state index contributed by atoms with van der Waals surface area (Å²) in [6.45, 7) is 6.55. The molecule has 1 saturated carbocycles. The Morgan fingerprint density at radius 2 is 1.79 bits per heavy atom. The van der Waals surface area contributed by atoms with Gasteiger partial charge in [-0.2, -0.15) is 0 Å². The summed E-state index contributed by atoms with van der Waals surface area (Å²) in [7, 11) is 1.17. The normalized spacial score (nSPS) is 22.4. The topological polar surface area (TPSA) is 78.8 Å². The first-order valence-electron chi connectivity index (χ1n) is 11.9. The lowest BCUT2D eigenvalue weighted by Crippen LogP contribution is -2.39. The third-order valence-corrected chi connectivity index (χ3v) is 6.35. The molecule has 3 atom stereocenters. The number of aliphatic hydroxyl groups is 2. The third kappa shape index (κ3) is 10.1. The van der Waals surface area contributed by atoms with E-state index in [4.69, 9.17) is 0 Å². The molecule has 3 N–H and O–H groups in total. The van der Waals surface area contributed by atoms with Crippen molar-refractivity contribution in [2.75, 3.05) is 20.2 Å². The number of carbonyl (C=O) groups is 1. The lowest BCUT2D eigenvalue weighted by molar-refractivity contribution is -0.209. The fraction of sp³-hybridized carbons (Fsp3) is 0.875. The second-order valence-corrected chi connectivity index (χ2v) is 8.67. The zero-order valence-corrected chi connectivity index (χ0v) is 19.0. The van der Waals surface area contributed by atoms with Crippen molar-refractivity contribution in [3.8, 4) is 0 Å². The Morgan fingerprint density at radius 3 is 2.48 bits per heavy atom. The minimum absolute atomic E-state index is 0.0362. The molecule has 0 amide bonds. The number of ether oxygens (including phenoxy) is 1. The van der Waals surface area contributed by atoms with Crippen molar-refractivity contribution in [1.29, 1.82) is 0 Å². The van der Waals surface area contributed by atoms with Crippen LogP contribution in [-0.4, -0.2) is 42.2 Å². The molecule has 0 heterocycles. The highest BCUT2D eigenvalue weighted by Gasteiger charge is 2.35. The van der Waals surface area contributed by atoms with Gasteiger partial charge in [-0.3, -0.25) is 0 Å². The van der Waals surface area contributed by atoms with Crippen LogP contribution < -0.4 is 5.32 Å². The molecule has 170 valence electrons. The Bertz CT molecular complexity index is 464. The first kappa shape index (κ1) is 26.1. The highest BCUT2D eigenvalue weighted by atomic mass is 16.6. The molecule has 0 aromatic carbocycles. The van der Waals surface area contributed by atoms with Crippen molar-refractivity contribution < 1.29 is 19.7 Å². The van der Waals surface area contributed by atoms with E-state index in [1.807, 2.05) is 0 Å². The molecule has 1 fully saturated rings. The van der Waals surface area contributed by atoms with Crippen molar-refractivity contribution >= 4 is 5.97 Å². The molecule has 5 nitrogen and oxygen atoms in total. The van der Waals surface area contributed by atoms with Gasteiger partial charge in [0.15, 0.2) is 0 Å². The molecule has 1 aliphatic rings. The SMILES string of the molecule is CCCCCCC=C[C@@H]1[C@H](CCCCCC(O)(O)C(=O)OC)CC[C@H]1CNCC. The van der Waals surface area contributed by atoms with Crippen molar-refractivity contribution in [2.24, 2.45) is 17.8 Å². The molecule has 29 heavy (non-hydrogen) atoms. The molecule has 0 radical (unpaired) electrons. The van der Waals surface area contributed by atoms with Gasteiger partial charge < -0.3 is 20.3 Å². The van der Waals surface area contributed by atoms with Crippen LogP contribution in [-0.2, 0) is 9.53 Å². The second-order valence-electron chi connectivity index (χ2n) is 8.67. The molecular weight excluding hydrogens is 366 g/mol. The van der Waals surface area contributed by atoms with E-state index in [2.05, 4.69) is 36.1 Å². The van der Waals surface area contributed by atoms with Crippen LogP contribution >= 0.6 is 0 Å². The summed E-state index contributed by atoms with van der Waals surface area (Å²) in [4.78, 5) is 11.3. The smallest absolute Gasteiger partial charge is 0.366 e. The van der Waals surface area contributed by atoms with Crippen LogP contribution in [0.5, 0.6) is 0 Å². The predicted octanol–water partition coefficient (Wildman–Crippen LogP) is 4.57. The van der Waals surface area contributed by atoms with Gasteiger partial charge in [0, 0.05) is 6.42 Å². The van der Waals surface area contributed by atoms with Crippen molar-refractivity contribution in [3.05, 3.63) is 12.2 Å². The molecule has 1 aliphatic carbocycles. The zero-order chi connectivity index (χ0) is 21.5. The Kier molecular flexibility index (Phi) is 13.5. The van der Waals surface area contributed by atoms with Crippen LogP contribution in [0.4, 0.5) is 0 Å². The number of hydrogen-bond donors (Lipinski definition) is 3. The van der Waals surface area contributed by atoms with E-state index in [1.54, 1.807) is 0 Å². The molecule has 1 rings (SSSR count). The number of hydrogen-bond acceptors (Lipinski definition) is 5. The molecule has 5 heteroatoms. The zero-order valence-electron chi connectivity index (χ0n) is 19.0. The van der Waals surface area contributed by atoms with E-state index in [1.165, 1.54) is 58.5 Å². The number of carbonyl (C=O) groups excluding carboxylic acids is 1. The standard InChI is InChI=1S/C24H45NO4/c1-4-6-7-8-9-12-15-22-20(16-17-21(22)19-25-5-2)14-11-10-13-18-24(27,28)23(26)29-3/h12,15,20-22,25,27-28H,4-11,13-14,16-19H2,1-3H3/t20-,21+,22-/m1/s1. The maximum Gasteiger partial charge on any atom is 0.366 e. The van der Waals surface area contributed by atoms with Gasteiger partial charge in [-0.1, -0.05) is 58.1 Å². The van der Waals surface area contributed by atoms with Gasteiger partial charge in [0.2, 0.25) is 0 Å². The lowest BCUT2D eigenvalue weighted by atomic mass is 9.85. The predicted molar refractivity (Wildman–Crippen MR) is 118 cm³/mol. The minimum atomic E-state index is -2.35. The largest absolute Gasteiger partial charge is 0.465 e. The molecular formula is C24H45NO4. The summed E-state index contributed by atoms with van der Waals surface area (Å²) in [5.41, 5.74) is 0. The Hall–Kier alpha value is -0.910. The summed E-state index contributed by atoms with van der Waals surface area (Å²) in [6.07, 6.45) is 17.7. The number of unbranched alkanes of at least 4 members (excludes halogenated alkanes) is 6. The van der Waals surface area contributed by atoms with Crippen LogP contribution in [0.15, 0.2) is 12.2 Å². The summed E-state index contributed by atoms with van der Waals surface area (Å²) in [5, 5.41) is 22.9. The highest BCUT2D eigenvalue weighted by molar-refractivity contribution is 5.76. The molecule has 0 spiro atoms. The van der Waals surface area contributed by atoms with E-state index < -0.39 is 11.8 Å². The van der Waals surface area contributed by atoms with Gasteiger partial charge in [-0.25, -0.2) is 4.79 Å². The monoisotopic (exact) mass is 411 g/mol. The summed E-state index contributed by atoms with van der Waals surface area (Å²) in [5.74, 6) is -1.20. The fourth-order valence-electron chi connectivity index (χ4n) is 4.58. The number of nitrogens with one attached hydrogen (secondary N) is 1. The Morgan fingerprint density at radius 1 is 1.07 bits per heavy atom. The van der Waals surface area contributed by atoms with E-state index >= 15 is 0 Å². The number of esters is 1. The van der Waals surface area contributed by atoms with E-state index in [0.29, 0.717) is 12.3 Å². The van der Waals surface area contributed by atoms with E-state index in [9.17, 15) is 15.0 Å². The van der Waals surface area contributed by atoms with Crippen LogP contribution in [0.3, 0.4) is 0 Å². The Labute approximate surface area is 178 Å². The first-order valence-corrected chi connectivity index (χ1v) is 11.9. The molecule has 0 unspecified atom stereocenters. The molecule has 0 bridgehead atoms. The van der Waals surface area contributed by atoms with Gasteiger partial charge in [-0.15, -0.1) is 0 Å². The Balaban J connectivity index is 2.41. The minimum Gasteiger partial charge on any atom is -0.465 e. The first-order chi connectivity index (χ1) is 14.0. The summed E-state index contributed by atoms with van der Waals surface area (Å²) >= 11 is 0. The average Bonchev–Trinajstić information content (AvgIpc) is 3.09. The van der Waals surface area contributed by atoms with E-state index in [-0.39, 0.29) is 6.42 Å². The van der Waals surface area contributed by atoms with Gasteiger partial charge in [0.05, 0.1) is 7.11 Å². The van der Waals surface area contributed by atoms with Gasteiger partial charge in [0.1, 0.15) is 0 Å². The maximum absolute atomic E-state index is 11.3. The third-order valence-electron chi connectivity index (χ3n) is 6.35. The molecule has 0 saturated heterocycles. The molecule has 0 aromatic rings. The van der Waals surface area contributed by atoms with Crippen LogP contribution in [0.25, 0.3) is 0 Å². The number of rotatable bonds is 16. The van der Waals surface area contributed by atoms with Crippen molar-refractivity contribution in [3.63, 3.8) is 0 Å². The quantitative estimate of drug-likeness (QED) is 0.150. The molecule has 0 aromatic heterocycles. The average molecular weight is 412 g/mol. The van der Waals surface area contributed by atoms with Gasteiger partial charge >= 0.3 is 5.97 Å². The van der Waals surface area contributed by atoms with Gasteiger partial charge in [-0.05, 0) is 69.4 Å². The van der Waals surface area contributed by atoms with Crippen LogP contribution in [0.2, 0.25) is 0 Å². The lowest BCUT2D eigenvalue weighted by Gasteiger charge is -2.23. The fourth-order valence-corrected chi connectivity index (χ4v) is 4.58. The van der Waals surface area contributed by atoms with Crippen LogP contribution in [0, 0.1) is 17.8 Å². The summed E-state index contributed by atoms with van der Waals surface area (Å²) < 4.78 is 4.43. The second kappa shape index (κ2) is 15.0. The number of allylic oxidation sites excluding steroid dienone is 2. The summed E-state index contributed by atoms with van der Waals surface area (Å²) in [6, 6.07) is 0. The van der Waals surface area contributed by atoms with E-state index in [0.717, 1.165) is 37.8 Å². The molecule has 0 aliphatic heterocycles. The van der Waals surface area contributed by atoms with Crippen molar-refractivity contribution in [2.45, 2.75) is 96.7 Å². The van der Waals surface area contributed by atoms with Crippen molar-refractivity contribution in [1.82, 2.24) is 5.32 Å². The number of methoxy groups -OCH3 is 1. The van der Waals surface area contributed by atoms with Gasteiger partial charge in [0.25, 0.3) is 5.79 Å². The van der Waals surface area contributed by atoms with Crippen LogP contribution in [0.1, 0.15) is 90.9 Å².